The van der Waals surface area contributed by atoms with Crippen LogP contribution in [0, 0.1) is 0 Å². The zero-order chi connectivity index (χ0) is 14.4. The molecule has 0 spiro atoms. The van der Waals surface area contributed by atoms with E-state index in [1.165, 1.54) is 18.0 Å². The van der Waals surface area contributed by atoms with Crippen LogP contribution in [0.2, 0.25) is 0 Å². The van der Waals surface area contributed by atoms with Crippen molar-refractivity contribution in [2.75, 3.05) is 18.9 Å². The Balaban J connectivity index is 1.86. The molecule has 1 aromatic rings. The van der Waals surface area contributed by atoms with Crippen molar-refractivity contribution in [3.05, 3.63) is 22.1 Å². The number of aromatic nitrogens is 2. The summed E-state index contributed by atoms with van der Waals surface area (Å²) in [6, 6.07) is 0. The van der Waals surface area contributed by atoms with E-state index in [0.29, 0.717) is 18.2 Å². The molecule has 110 valence electrons. The molecule has 20 heavy (non-hydrogen) atoms. The molecule has 0 saturated carbocycles. The van der Waals surface area contributed by atoms with E-state index < -0.39 is 0 Å². The largest absolute Gasteiger partial charge is 0.396 e. The molecule has 7 heteroatoms. The highest BCUT2D eigenvalue weighted by Gasteiger charge is 2.19. The third kappa shape index (κ3) is 3.61. The molecular formula is C13H19N3O3S. The maximum absolute atomic E-state index is 12.1. The van der Waals surface area contributed by atoms with Crippen molar-refractivity contribution >= 4 is 17.7 Å². The number of aliphatic hydroxyl groups excluding tert-OH is 1. The van der Waals surface area contributed by atoms with Crippen LogP contribution in [0.1, 0.15) is 36.0 Å². The molecular weight excluding hydrogens is 278 g/mol. The number of nitrogens with one attached hydrogen (secondary N) is 1. The number of nitrogens with zero attached hydrogens (tertiary/aromatic N) is 2. The number of fused-ring (bicyclic) bond motifs is 1. The van der Waals surface area contributed by atoms with Crippen LogP contribution >= 0.6 is 11.8 Å². The number of rotatable bonds is 7. The summed E-state index contributed by atoms with van der Waals surface area (Å²) in [6.07, 6.45) is 4.92. The average molecular weight is 297 g/mol. The zero-order valence-corrected chi connectivity index (χ0v) is 12.1. The lowest BCUT2D eigenvalue weighted by atomic mass is 10.2. The van der Waals surface area contributed by atoms with Gasteiger partial charge in [-0.15, -0.1) is 0 Å². The maximum atomic E-state index is 12.1. The Kier molecular flexibility index (Phi) is 5.60. The van der Waals surface area contributed by atoms with Crippen molar-refractivity contribution in [1.29, 1.82) is 0 Å². The second-order valence-electron chi connectivity index (χ2n) is 4.65. The van der Waals surface area contributed by atoms with Crippen molar-refractivity contribution < 1.29 is 9.90 Å². The Labute approximate surface area is 121 Å². The summed E-state index contributed by atoms with van der Waals surface area (Å²) in [5.74, 6) is 0.481. The molecule has 1 amide bonds. The van der Waals surface area contributed by atoms with Gasteiger partial charge in [0.25, 0.3) is 11.5 Å². The highest BCUT2D eigenvalue weighted by molar-refractivity contribution is 7.99. The van der Waals surface area contributed by atoms with E-state index in [1.54, 1.807) is 4.57 Å². The van der Waals surface area contributed by atoms with Gasteiger partial charge in [-0.3, -0.25) is 14.2 Å². The monoisotopic (exact) mass is 297 g/mol. The molecule has 0 atom stereocenters. The van der Waals surface area contributed by atoms with E-state index in [2.05, 4.69) is 10.3 Å². The topological polar surface area (TPSA) is 84.2 Å². The van der Waals surface area contributed by atoms with Gasteiger partial charge in [-0.2, -0.15) is 0 Å². The Bertz CT molecular complexity index is 530. The van der Waals surface area contributed by atoms with E-state index in [-0.39, 0.29) is 23.6 Å². The fourth-order valence-corrected chi connectivity index (χ4v) is 2.97. The first-order valence-electron chi connectivity index (χ1n) is 6.85. The van der Waals surface area contributed by atoms with Crippen molar-refractivity contribution in [2.45, 2.75) is 37.4 Å². The number of carbonyl (C=O) groups excluding carboxylic acids is 1. The van der Waals surface area contributed by atoms with E-state index in [1.807, 2.05) is 0 Å². The fourth-order valence-electron chi connectivity index (χ4n) is 2.06. The molecule has 0 saturated heterocycles. The van der Waals surface area contributed by atoms with Crippen LogP contribution in [0.5, 0.6) is 0 Å². The molecule has 2 N–H and O–H groups in total. The standard InChI is InChI=1S/C13H19N3O3S/c17-7-4-2-1-3-5-14-11(18)10-9-15-13-16(12(10)19)6-8-20-13/h9,17H,1-8H2,(H,14,18). The number of hydrogen-bond acceptors (Lipinski definition) is 5. The third-order valence-corrected chi connectivity index (χ3v) is 4.14. The first-order valence-corrected chi connectivity index (χ1v) is 7.84. The van der Waals surface area contributed by atoms with Gasteiger partial charge < -0.3 is 10.4 Å². The number of aliphatic hydroxyl groups is 1. The van der Waals surface area contributed by atoms with Crippen LogP contribution in [-0.2, 0) is 6.54 Å². The smallest absolute Gasteiger partial charge is 0.267 e. The predicted octanol–water partition coefficient (Wildman–Crippen LogP) is 0.632. The highest BCUT2D eigenvalue weighted by Crippen LogP contribution is 2.20. The lowest BCUT2D eigenvalue weighted by molar-refractivity contribution is 0.0950. The molecule has 0 bridgehead atoms. The van der Waals surface area contributed by atoms with Gasteiger partial charge in [0.2, 0.25) is 0 Å². The van der Waals surface area contributed by atoms with Crippen molar-refractivity contribution in [3.63, 3.8) is 0 Å². The first kappa shape index (κ1) is 15.1. The highest BCUT2D eigenvalue weighted by atomic mass is 32.2. The van der Waals surface area contributed by atoms with E-state index >= 15 is 0 Å². The SMILES string of the molecule is O=C(NCCCCCCO)c1cnc2n(c1=O)CCS2. The third-order valence-electron chi connectivity index (χ3n) is 3.17. The molecule has 0 fully saturated rings. The Morgan fingerprint density at radius 3 is 3.00 bits per heavy atom. The van der Waals surface area contributed by atoms with Crippen LogP contribution < -0.4 is 10.9 Å². The van der Waals surface area contributed by atoms with Crippen LogP contribution in [-0.4, -0.2) is 39.5 Å². The summed E-state index contributed by atoms with van der Waals surface area (Å²) in [6.45, 7) is 1.37. The minimum Gasteiger partial charge on any atom is -0.396 e. The van der Waals surface area contributed by atoms with Crippen LogP contribution in [0.15, 0.2) is 16.1 Å². The molecule has 0 unspecified atom stereocenters. The van der Waals surface area contributed by atoms with Crippen molar-refractivity contribution in [1.82, 2.24) is 14.9 Å². The van der Waals surface area contributed by atoms with Gasteiger partial charge in [0.15, 0.2) is 5.16 Å². The zero-order valence-electron chi connectivity index (χ0n) is 11.3. The molecule has 2 rings (SSSR count). The summed E-state index contributed by atoms with van der Waals surface area (Å²) in [5, 5.41) is 12.1. The molecule has 0 radical (unpaired) electrons. The molecule has 2 heterocycles. The second-order valence-corrected chi connectivity index (χ2v) is 5.72. The minimum atomic E-state index is -0.350. The molecule has 1 aliphatic rings. The van der Waals surface area contributed by atoms with Gasteiger partial charge in [0.1, 0.15) is 5.56 Å². The predicted molar refractivity (Wildman–Crippen MR) is 77.1 cm³/mol. The number of amides is 1. The fraction of sp³-hybridized carbons (Fsp3) is 0.615. The Hall–Kier alpha value is -1.34. The normalized spacial score (nSPS) is 13.2. The van der Waals surface area contributed by atoms with E-state index in [9.17, 15) is 9.59 Å². The van der Waals surface area contributed by atoms with Gasteiger partial charge in [-0.1, -0.05) is 24.6 Å². The Morgan fingerprint density at radius 2 is 2.20 bits per heavy atom. The summed E-state index contributed by atoms with van der Waals surface area (Å²) in [7, 11) is 0. The second kappa shape index (κ2) is 7.44. The van der Waals surface area contributed by atoms with Gasteiger partial charge >= 0.3 is 0 Å². The number of thioether (sulfide) groups is 1. The maximum Gasteiger partial charge on any atom is 0.267 e. The molecule has 1 aromatic heterocycles. The summed E-state index contributed by atoms with van der Waals surface area (Å²) in [5.41, 5.74) is -0.135. The van der Waals surface area contributed by atoms with E-state index in [0.717, 1.165) is 31.4 Å². The van der Waals surface area contributed by atoms with Gasteiger partial charge in [0, 0.05) is 31.6 Å². The molecule has 0 aliphatic carbocycles. The van der Waals surface area contributed by atoms with Gasteiger partial charge in [-0.25, -0.2) is 4.98 Å². The quantitative estimate of drug-likeness (QED) is 0.570. The summed E-state index contributed by atoms with van der Waals surface area (Å²) in [4.78, 5) is 28.2. The summed E-state index contributed by atoms with van der Waals surface area (Å²) >= 11 is 1.53. The van der Waals surface area contributed by atoms with Crippen LogP contribution in [0.3, 0.4) is 0 Å². The molecule has 6 nitrogen and oxygen atoms in total. The summed E-state index contributed by atoms with van der Waals surface area (Å²) < 4.78 is 1.56. The Morgan fingerprint density at radius 1 is 1.40 bits per heavy atom. The number of hydrogen-bond donors (Lipinski definition) is 2. The first-order chi connectivity index (χ1) is 9.74. The molecule has 1 aliphatic heterocycles. The minimum absolute atomic E-state index is 0.117. The number of unbranched alkanes of at least 4 members (excludes halogenated alkanes) is 3. The number of carbonyl (C=O) groups is 1. The lowest BCUT2D eigenvalue weighted by Gasteiger charge is -2.06. The van der Waals surface area contributed by atoms with Gasteiger partial charge in [-0.05, 0) is 12.8 Å². The van der Waals surface area contributed by atoms with Crippen molar-refractivity contribution in [2.24, 2.45) is 0 Å². The molecule has 0 aromatic carbocycles. The van der Waals surface area contributed by atoms with Crippen LogP contribution in [0.4, 0.5) is 0 Å². The van der Waals surface area contributed by atoms with E-state index in [4.69, 9.17) is 5.11 Å². The van der Waals surface area contributed by atoms with Crippen LogP contribution in [0.25, 0.3) is 0 Å². The van der Waals surface area contributed by atoms with Crippen molar-refractivity contribution in [3.8, 4) is 0 Å². The lowest BCUT2D eigenvalue weighted by Crippen LogP contribution is -2.33. The van der Waals surface area contributed by atoms with Gasteiger partial charge in [0.05, 0.1) is 0 Å². The average Bonchev–Trinajstić information content (AvgIpc) is 2.92.